The second kappa shape index (κ2) is 12.1. The van der Waals surface area contributed by atoms with Gasteiger partial charge in [-0.05, 0) is 60.6 Å². The number of nitrogens with one attached hydrogen (secondary N) is 1. The van der Waals surface area contributed by atoms with Gasteiger partial charge in [0.15, 0.2) is 5.78 Å². The summed E-state index contributed by atoms with van der Waals surface area (Å²) in [5.41, 5.74) is 4.78. The van der Waals surface area contributed by atoms with E-state index in [0.717, 1.165) is 47.2 Å². The molecule has 1 amide bonds. The van der Waals surface area contributed by atoms with E-state index >= 15 is 0 Å². The number of anilines is 1. The number of hydrogen-bond acceptors (Lipinski definition) is 6. The number of amides is 1. The number of nitrogens with zero attached hydrogens (tertiary/aromatic N) is 1. The van der Waals surface area contributed by atoms with Gasteiger partial charge in [-0.3, -0.25) is 9.59 Å². The predicted octanol–water partition coefficient (Wildman–Crippen LogP) is 4.68. The van der Waals surface area contributed by atoms with Crippen molar-refractivity contribution in [1.29, 1.82) is 0 Å². The fourth-order valence-electron chi connectivity index (χ4n) is 6.45. The van der Waals surface area contributed by atoms with E-state index < -0.39 is 12.0 Å². The highest BCUT2D eigenvalue weighted by Crippen LogP contribution is 2.42. The lowest BCUT2D eigenvalue weighted by Crippen LogP contribution is -2.52. The first-order valence-corrected chi connectivity index (χ1v) is 14.7. The quantitative estimate of drug-likeness (QED) is 0.374. The second-order valence-corrected chi connectivity index (χ2v) is 11.5. The number of ketones is 1. The van der Waals surface area contributed by atoms with Crippen molar-refractivity contribution in [2.75, 3.05) is 38.3 Å². The molecule has 0 radical (unpaired) electrons. The molecule has 6 rings (SSSR count). The molecule has 1 saturated carbocycles. The number of benzene rings is 3. The van der Waals surface area contributed by atoms with Crippen LogP contribution in [0.1, 0.15) is 48.6 Å². The number of β-amino-alcohol motifs (C(OH)–C–C–N with tert-alkyl or cyclic N) is 1. The van der Waals surface area contributed by atoms with Crippen LogP contribution in [-0.2, 0) is 14.3 Å². The van der Waals surface area contributed by atoms with Gasteiger partial charge >= 0.3 is 0 Å². The lowest BCUT2D eigenvalue weighted by Gasteiger charge is -2.39. The normalized spacial score (nSPS) is 23.9. The molecule has 0 spiro atoms. The minimum absolute atomic E-state index is 0.00722. The zero-order valence-electron chi connectivity index (χ0n) is 23.5. The van der Waals surface area contributed by atoms with Crippen LogP contribution in [0.2, 0.25) is 0 Å². The summed E-state index contributed by atoms with van der Waals surface area (Å²) in [6, 6.07) is 24.3. The SMILES string of the molecule is COCCCC1C(=O)COc2ccc(N(C(=O)[C@H]3CNC[C@@H](O)[C@@H]3c3cccc(-c4ccccc4)c3)C3CC3)cc21. The Bertz CT molecular complexity index is 1390. The highest BCUT2D eigenvalue weighted by atomic mass is 16.5. The molecule has 1 aliphatic carbocycles. The minimum atomic E-state index is -0.690. The first-order chi connectivity index (χ1) is 20.0. The van der Waals surface area contributed by atoms with E-state index in [4.69, 9.17) is 9.47 Å². The zero-order chi connectivity index (χ0) is 28.3. The summed E-state index contributed by atoms with van der Waals surface area (Å²) in [4.78, 5) is 29.2. The Balaban J connectivity index is 1.32. The Kier molecular flexibility index (Phi) is 8.19. The van der Waals surface area contributed by atoms with Gasteiger partial charge in [-0.15, -0.1) is 0 Å². The fourth-order valence-corrected chi connectivity index (χ4v) is 6.45. The summed E-state index contributed by atoms with van der Waals surface area (Å²) < 4.78 is 11.0. The smallest absolute Gasteiger partial charge is 0.232 e. The summed E-state index contributed by atoms with van der Waals surface area (Å²) >= 11 is 0. The Labute approximate surface area is 241 Å². The van der Waals surface area contributed by atoms with Crippen molar-refractivity contribution >= 4 is 17.4 Å². The van der Waals surface area contributed by atoms with Gasteiger partial charge in [-0.2, -0.15) is 0 Å². The van der Waals surface area contributed by atoms with Gasteiger partial charge in [0.1, 0.15) is 12.4 Å². The van der Waals surface area contributed by atoms with E-state index in [9.17, 15) is 14.7 Å². The molecule has 2 aliphatic heterocycles. The third-order valence-electron chi connectivity index (χ3n) is 8.66. The lowest BCUT2D eigenvalue weighted by molar-refractivity contribution is -0.125. The second-order valence-electron chi connectivity index (χ2n) is 11.5. The van der Waals surface area contributed by atoms with Crippen LogP contribution in [0, 0.1) is 5.92 Å². The highest BCUT2D eigenvalue weighted by Gasteiger charge is 2.44. The van der Waals surface area contributed by atoms with Crippen LogP contribution in [-0.4, -0.2) is 62.4 Å². The molecule has 7 heteroatoms. The fraction of sp³-hybridized carbons (Fsp3) is 0.412. The molecule has 2 N–H and O–H groups in total. The molecule has 41 heavy (non-hydrogen) atoms. The van der Waals surface area contributed by atoms with E-state index in [1.807, 2.05) is 53.4 Å². The van der Waals surface area contributed by atoms with Gasteiger partial charge in [0.05, 0.1) is 17.9 Å². The van der Waals surface area contributed by atoms with Crippen molar-refractivity contribution in [2.45, 2.75) is 49.7 Å². The third kappa shape index (κ3) is 5.80. The number of Topliss-reactive ketones (excluding diaryl/α,β-unsaturated/α-hetero) is 1. The molecule has 3 aliphatic rings. The molecule has 214 valence electrons. The molecule has 2 fully saturated rings. The van der Waals surface area contributed by atoms with E-state index in [0.29, 0.717) is 31.9 Å². The zero-order valence-corrected chi connectivity index (χ0v) is 23.5. The van der Waals surface area contributed by atoms with Crippen molar-refractivity contribution in [2.24, 2.45) is 5.92 Å². The van der Waals surface area contributed by atoms with Gasteiger partial charge < -0.3 is 24.8 Å². The summed E-state index contributed by atoms with van der Waals surface area (Å²) in [5, 5.41) is 14.5. The minimum Gasteiger partial charge on any atom is -0.486 e. The Morgan fingerprint density at radius 3 is 2.61 bits per heavy atom. The number of piperidine rings is 1. The monoisotopic (exact) mass is 554 g/mol. The van der Waals surface area contributed by atoms with E-state index in [-0.39, 0.29) is 36.2 Å². The molecular weight excluding hydrogens is 516 g/mol. The molecule has 0 bridgehead atoms. The van der Waals surface area contributed by atoms with Crippen LogP contribution in [0.3, 0.4) is 0 Å². The van der Waals surface area contributed by atoms with Crippen molar-refractivity contribution in [3.05, 3.63) is 83.9 Å². The summed E-state index contributed by atoms with van der Waals surface area (Å²) in [7, 11) is 1.67. The molecule has 2 heterocycles. The van der Waals surface area contributed by atoms with E-state index in [2.05, 4.69) is 29.6 Å². The molecular formula is C34H38N2O5. The van der Waals surface area contributed by atoms with Gasteiger partial charge in [-0.1, -0.05) is 54.6 Å². The lowest BCUT2D eigenvalue weighted by atomic mass is 9.77. The number of fused-ring (bicyclic) bond motifs is 1. The Hall–Kier alpha value is -3.52. The Morgan fingerprint density at radius 1 is 1.02 bits per heavy atom. The molecule has 1 saturated heterocycles. The first kappa shape index (κ1) is 27.6. The predicted molar refractivity (Wildman–Crippen MR) is 158 cm³/mol. The topological polar surface area (TPSA) is 88.1 Å². The Morgan fingerprint density at radius 2 is 1.83 bits per heavy atom. The number of ether oxygens (including phenoxy) is 2. The number of rotatable bonds is 9. The van der Waals surface area contributed by atoms with Gasteiger partial charge in [0, 0.05) is 50.0 Å². The largest absolute Gasteiger partial charge is 0.486 e. The standard InChI is InChI=1S/C34H38N2O5/c1-40-16-6-11-27-28-18-26(14-15-32(28)41-21-31(27)38)36(25-12-13-25)34(39)29-19-35-20-30(37)33(29)24-10-5-9-23(17-24)22-7-3-2-4-8-22/h2-5,7-10,14-15,17-18,25,27,29-30,33,35,37H,6,11-13,16,19-21H2,1H3/t27?,29-,30+,33+/m0/s1. The molecule has 7 nitrogen and oxygen atoms in total. The van der Waals surface area contributed by atoms with Crippen LogP contribution in [0.4, 0.5) is 5.69 Å². The van der Waals surface area contributed by atoms with Gasteiger partial charge in [0.25, 0.3) is 0 Å². The number of aliphatic hydroxyl groups excluding tert-OH is 1. The number of hydrogen-bond donors (Lipinski definition) is 2. The molecule has 1 unspecified atom stereocenters. The van der Waals surface area contributed by atoms with Crippen molar-refractivity contribution in [1.82, 2.24) is 5.32 Å². The highest BCUT2D eigenvalue weighted by molar-refractivity contribution is 5.98. The average Bonchev–Trinajstić information content (AvgIpc) is 3.84. The average molecular weight is 555 g/mol. The van der Waals surface area contributed by atoms with E-state index in [1.165, 1.54) is 0 Å². The van der Waals surface area contributed by atoms with Crippen LogP contribution in [0.25, 0.3) is 11.1 Å². The van der Waals surface area contributed by atoms with Gasteiger partial charge in [-0.25, -0.2) is 0 Å². The number of methoxy groups -OCH3 is 1. The first-order valence-electron chi connectivity index (χ1n) is 14.7. The summed E-state index contributed by atoms with van der Waals surface area (Å²) in [6.45, 7) is 1.60. The van der Waals surface area contributed by atoms with Crippen LogP contribution in [0.15, 0.2) is 72.8 Å². The maximum Gasteiger partial charge on any atom is 0.232 e. The number of aliphatic hydroxyl groups is 1. The molecule has 4 atom stereocenters. The van der Waals surface area contributed by atoms with Gasteiger partial charge in [0.2, 0.25) is 5.91 Å². The maximum atomic E-state index is 14.4. The summed E-state index contributed by atoms with van der Waals surface area (Å²) in [5.74, 6) is -0.253. The van der Waals surface area contributed by atoms with Crippen LogP contribution < -0.4 is 15.0 Å². The molecule has 0 aromatic heterocycles. The number of carbonyl (C=O) groups is 2. The van der Waals surface area contributed by atoms with E-state index in [1.54, 1.807) is 7.11 Å². The molecule has 3 aromatic carbocycles. The number of carbonyl (C=O) groups excluding carboxylic acids is 2. The third-order valence-corrected chi connectivity index (χ3v) is 8.66. The van der Waals surface area contributed by atoms with Crippen molar-refractivity contribution in [3.8, 4) is 16.9 Å². The molecule has 3 aromatic rings. The van der Waals surface area contributed by atoms with Crippen LogP contribution in [0.5, 0.6) is 5.75 Å². The van der Waals surface area contributed by atoms with Crippen molar-refractivity contribution < 1.29 is 24.2 Å². The summed E-state index contributed by atoms with van der Waals surface area (Å²) in [6.07, 6.45) is 2.64. The van der Waals surface area contributed by atoms with Crippen molar-refractivity contribution in [3.63, 3.8) is 0 Å². The maximum absolute atomic E-state index is 14.4. The van der Waals surface area contributed by atoms with Crippen LogP contribution >= 0.6 is 0 Å².